The predicted octanol–water partition coefficient (Wildman–Crippen LogP) is 1.49. The van der Waals surface area contributed by atoms with Gasteiger partial charge in [0.25, 0.3) is 0 Å². The second kappa shape index (κ2) is 3.77. The van der Waals surface area contributed by atoms with E-state index in [-0.39, 0.29) is 0 Å². The van der Waals surface area contributed by atoms with Crippen molar-refractivity contribution >= 4 is 0 Å². The minimum absolute atomic E-state index is 0.611. The summed E-state index contributed by atoms with van der Waals surface area (Å²) in [6, 6.07) is 0.611. The van der Waals surface area contributed by atoms with E-state index in [1.807, 2.05) is 0 Å². The molecule has 2 nitrogen and oxygen atoms in total. The minimum Gasteiger partial charge on any atom is -0.384 e. The molecule has 0 aromatic rings. The van der Waals surface area contributed by atoms with Gasteiger partial charge in [0.2, 0.25) is 0 Å². The molecule has 0 amide bonds. The highest BCUT2D eigenvalue weighted by Gasteiger charge is 2.20. The van der Waals surface area contributed by atoms with Gasteiger partial charge in [-0.1, -0.05) is 6.08 Å². The number of rotatable bonds is 2. The lowest BCUT2D eigenvalue weighted by molar-refractivity contribution is 0.105. The molecule has 0 saturated carbocycles. The average Bonchev–Trinajstić information content (AvgIpc) is 1.99. The molecule has 1 rings (SSSR count). The van der Waals surface area contributed by atoms with Gasteiger partial charge in [-0.05, 0) is 19.5 Å². The van der Waals surface area contributed by atoms with Crippen molar-refractivity contribution in [3.8, 4) is 0 Å². The third-order valence-corrected chi connectivity index (χ3v) is 2.48. The van der Waals surface area contributed by atoms with Gasteiger partial charge in [0.05, 0.1) is 6.61 Å². The summed E-state index contributed by atoms with van der Waals surface area (Å²) in [6.07, 6.45) is 5.51. The summed E-state index contributed by atoms with van der Waals surface area (Å²) in [4.78, 5) is 2.24. The van der Waals surface area contributed by atoms with Crippen LogP contribution in [0.1, 0.15) is 13.3 Å². The first-order valence-electron chi connectivity index (χ1n) is 4.13. The topological polar surface area (TPSA) is 12.5 Å². The van der Waals surface area contributed by atoms with Crippen LogP contribution in [0.25, 0.3) is 0 Å². The van der Waals surface area contributed by atoms with Crippen LogP contribution in [0.15, 0.2) is 12.3 Å². The van der Waals surface area contributed by atoms with Crippen molar-refractivity contribution in [2.24, 2.45) is 5.92 Å². The quantitative estimate of drug-likeness (QED) is 0.599. The van der Waals surface area contributed by atoms with Gasteiger partial charge in [0.15, 0.2) is 0 Å². The Balaban J connectivity index is 2.48. The zero-order chi connectivity index (χ0) is 8.27. The van der Waals surface area contributed by atoms with Crippen molar-refractivity contribution in [3.05, 3.63) is 12.3 Å². The zero-order valence-electron chi connectivity index (χ0n) is 7.58. The molecule has 0 radical (unpaired) electrons. The highest BCUT2D eigenvalue weighted by Crippen LogP contribution is 2.19. The molecule has 64 valence electrons. The van der Waals surface area contributed by atoms with Crippen molar-refractivity contribution in [1.29, 1.82) is 0 Å². The first kappa shape index (κ1) is 8.60. The van der Waals surface area contributed by atoms with Gasteiger partial charge in [-0.15, -0.1) is 0 Å². The largest absolute Gasteiger partial charge is 0.384 e. The average molecular weight is 155 g/mol. The molecule has 0 aromatic carbocycles. The van der Waals surface area contributed by atoms with Crippen LogP contribution in [-0.2, 0) is 4.74 Å². The molecule has 1 aliphatic heterocycles. The monoisotopic (exact) mass is 155 g/mol. The van der Waals surface area contributed by atoms with E-state index in [9.17, 15) is 0 Å². The van der Waals surface area contributed by atoms with Crippen molar-refractivity contribution in [1.82, 2.24) is 4.90 Å². The molecule has 2 heteroatoms. The van der Waals surface area contributed by atoms with Crippen LogP contribution in [0.4, 0.5) is 0 Å². The normalized spacial score (nSPS) is 31.0. The SMILES string of the molecule is COCC1CC=CN(C)[C@H]1C. The Bertz CT molecular complexity index is 144. The van der Waals surface area contributed by atoms with E-state index in [4.69, 9.17) is 4.74 Å². The molecular weight excluding hydrogens is 138 g/mol. The maximum Gasteiger partial charge on any atom is 0.0513 e. The van der Waals surface area contributed by atoms with E-state index in [1.54, 1.807) is 7.11 Å². The second-order valence-corrected chi connectivity index (χ2v) is 3.24. The van der Waals surface area contributed by atoms with Crippen LogP contribution in [0.3, 0.4) is 0 Å². The molecule has 1 unspecified atom stereocenters. The van der Waals surface area contributed by atoms with Gasteiger partial charge >= 0.3 is 0 Å². The van der Waals surface area contributed by atoms with Crippen LogP contribution in [0.2, 0.25) is 0 Å². The standard InChI is InChI=1S/C9H17NO/c1-8-9(7-11-3)5-4-6-10(8)2/h4,6,8-9H,5,7H2,1-3H3/t8-,9?/m0/s1. The maximum atomic E-state index is 5.14. The Hall–Kier alpha value is -0.500. The van der Waals surface area contributed by atoms with Gasteiger partial charge in [-0.25, -0.2) is 0 Å². The highest BCUT2D eigenvalue weighted by molar-refractivity contribution is 4.94. The lowest BCUT2D eigenvalue weighted by Crippen LogP contribution is -2.36. The molecule has 11 heavy (non-hydrogen) atoms. The van der Waals surface area contributed by atoms with Crippen molar-refractivity contribution in [2.75, 3.05) is 20.8 Å². The van der Waals surface area contributed by atoms with Crippen LogP contribution in [-0.4, -0.2) is 31.7 Å². The highest BCUT2D eigenvalue weighted by atomic mass is 16.5. The lowest BCUT2D eigenvalue weighted by atomic mass is 9.95. The molecule has 0 aliphatic carbocycles. The Labute approximate surface area is 68.8 Å². The van der Waals surface area contributed by atoms with Crippen LogP contribution in [0, 0.1) is 5.92 Å². The van der Waals surface area contributed by atoms with E-state index in [1.165, 1.54) is 0 Å². The van der Waals surface area contributed by atoms with Crippen LogP contribution >= 0.6 is 0 Å². The van der Waals surface area contributed by atoms with Gasteiger partial charge in [0, 0.05) is 26.1 Å². The van der Waals surface area contributed by atoms with Crippen LogP contribution < -0.4 is 0 Å². The molecule has 0 spiro atoms. The number of allylic oxidation sites excluding steroid dienone is 1. The Kier molecular flexibility index (Phi) is 2.94. The van der Waals surface area contributed by atoms with E-state index < -0.39 is 0 Å². The molecule has 0 fully saturated rings. The van der Waals surface area contributed by atoms with E-state index in [0.29, 0.717) is 12.0 Å². The summed E-state index contributed by atoms with van der Waals surface area (Å²) < 4.78 is 5.14. The summed E-state index contributed by atoms with van der Waals surface area (Å²) in [5.74, 6) is 0.662. The van der Waals surface area contributed by atoms with Crippen molar-refractivity contribution in [2.45, 2.75) is 19.4 Å². The third-order valence-electron chi connectivity index (χ3n) is 2.48. The third kappa shape index (κ3) is 1.96. The fourth-order valence-corrected chi connectivity index (χ4v) is 1.49. The zero-order valence-corrected chi connectivity index (χ0v) is 7.58. The summed E-state index contributed by atoms with van der Waals surface area (Å²) in [6.45, 7) is 3.11. The number of nitrogens with zero attached hydrogens (tertiary/aromatic N) is 1. The lowest BCUT2D eigenvalue weighted by Gasteiger charge is -2.33. The maximum absolute atomic E-state index is 5.14. The molecular formula is C9H17NO. The van der Waals surface area contributed by atoms with Gasteiger partial charge < -0.3 is 9.64 Å². The summed E-state index contributed by atoms with van der Waals surface area (Å²) in [5, 5.41) is 0. The van der Waals surface area contributed by atoms with Gasteiger partial charge in [-0.3, -0.25) is 0 Å². The molecule has 0 N–H and O–H groups in total. The Morgan fingerprint density at radius 3 is 3.00 bits per heavy atom. The molecule has 1 aliphatic rings. The minimum atomic E-state index is 0.611. The van der Waals surface area contributed by atoms with Gasteiger partial charge in [0.1, 0.15) is 0 Å². The van der Waals surface area contributed by atoms with E-state index in [0.717, 1.165) is 13.0 Å². The Morgan fingerprint density at radius 2 is 2.36 bits per heavy atom. The van der Waals surface area contributed by atoms with Gasteiger partial charge in [-0.2, -0.15) is 0 Å². The summed E-state index contributed by atoms with van der Waals surface area (Å²) in [7, 11) is 3.88. The summed E-state index contributed by atoms with van der Waals surface area (Å²) >= 11 is 0. The smallest absolute Gasteiger partial charge is 0.0513 e. The molecule has 0 aromatic heterocycles. The summed E-state index contributed by atoms with van der Waals surface area (Å²) in [5.41, 5.74) is 0. The molecule has 2 atom stereocenters. The Morgan fingerprint density at radius 1 is 1.64 bits per heavy atom. The number of hydrogen-bond donors (Lipinski definition) is 0. The predicted molar refractivity (Wildman–Crippen MR) is 46.3 cm³/mol. The van der Waals surface area contributed by atoms with Crippen molar-refractivity contribution in [3.63, 3.8) is 0 Å². The molecule has 0 saturated heterocycles. The molecule has 0 bridgehead atoms. The fraction of sp³-hybridized carbons (Fsp3) is 0.778. The molecule has 1 heterocycles. The van der Waals surface area contributed by atoms with Crippen molar-refractivity contribution < 1.29 is 4.74 Å². The van der Waals surface area contributed by atoms with Crippen LogP contribution in [0.5, 0.6) is 0 Å². The number of methoxy groups -OCH3 is 1. The first-order valence-corrected chi connectivity index (χ1v) is 4.13. The number of hydrogen-bond acceptors (Lipinski definition) is 2. The number of ether oxygens (including phenoxy) is 1. The van der Waals surface area contributed by atoms with E-state index >= 15 is 0 Å². The van der Waals surface area contributed by atoms with E-state index in [2.05, 4.69) is 31.1 Å². The first-order chi connectivity index (χ1) is 5.25. The second-order valence-electron chi connectivity index (χ2n) is 3.24. The fourth-order valence-electron chi connectivity index (χ4n) is 1.49.